The highest BCUT2D eigenvalue weighted by molar-refractivity contribution is 5.78. The summed E-state index contributed by atoms with van der Waals surface area (Å²) in [6.45, 7) is 0.159. The fourth-order valence-corrected chi connectivity index (χ4v) is 2.08. The second-order valence-electron chi connectivity index (χ2n) is 4.72. The number of carbonyl (C=O) groups is 1. The Labute approximate surface area is 124 Å². The molecule has 0 aliphatic rings. The van der Waals surface area contributed by atoms with Crippen LogP contribution in [0, 0.1) is 11.6 Å². The minimum absolute atomic E-state index is 0.0174. The molecule has 0 aliphatic carbocycles. The van der Waals surface area contributed by atoms with Gasteiger partial charge < -0.3 is 10.3 Å². The molecule has 0 fully saturated rings. The van der Waals surface area contributed by atoms with Crippen LogP contribution in [0.1, 0.15) is 11.4 Å². The van der Waals surface area contributed by atoms with Gasteiger partial charge in [0.15, 0.2) is 17.3 Å². The van der Waals surface area contributed by atoms with E-state index in [9.17, 15) is 13.6 Å². The van der Waals surface area contributed by atoms with E-state index < -0.39 is 17.5 Å². The molecule has 0 aliphatic heterocycles. The normalized spacial score (nSPS) is 10.8. The van der Waals surface area contributed by atoms with Crippen LogP contribution in [0.5, 0.6) is 0 Å². The van der Waals surface area contributed by atoms with E-state index in [-0.39, 0.29) is 18.5 Å². The highest BCUT2D eigenvalue weighted by Gasteiger charge is 2.12. The molecule has 2 aromatic heterocycles. The first-order valence-corrected chi connectivity index (χ1v) is 6.62. The van der Waals surface area contributed by atoms with E-state index >= 15 is 0 Å². The van der Waals surface area contributed by atoms with Gasteiger partial charge >= 0.3 is 0 Å². The molecule has 0 saturated heterocycles. The molecule has 3 aromatic rings. The van der Waals surface area contributed by atoms with Crippen LogP contribution in [-0.4, -0.2) is 20.9 Å². The zero-order valence-corrected chi connectivity index (χ0v) is 11.4. The summed E-state index contributed by atoms with van der Waals surface area (Å²) in [6, 6.07) is 7.35. The quantitative estimate of drug-likeness (QED) is 0.775. The van der Waals surface area contributed by atoms with Gasteiger partial charge in [-0.1, -0.05) is 12.1 Å². The van der Waals surface area contributed by atoms with Crippen molar-refractivity contribution in [3.63, 3.8) is 0 Å². The van der Waals surface area contributed by atoms with Crippen LogP contribution in [0.2, 0.25) is 0 Å². The lowest BCUT2D eigenvalue weighted by atomic mass is 10.1. The number of nitrogens with zero attached hydrogens (tertiary/aromatic N) is 2. The Morgan fingerprint density at radius 2 is 2.09 bits per heavy atom. The minimum atomic E-state index is -0.995. The summed E-state index contributed by atoms with van der Waals surface area (Å²) in [5.41, 5.74) is 1.34. The first kappa shape index (κ1) is 14.1. The number of rotatable bonds is 4. The lowest BCUT2D eigenvalue weighted by Crippen LogP contribution is -2.25. The lowest BCUT2D eigenvalue weighted by Gasteiger charge is -2.05. The molecule has 0 bridgehead atoms. The lowest BCUT2D eigenvalue weighted by molar-refractivity contribution is -0.120. The van der Waals surface area contributed by atoms with E-state index in [4.69, 9.17) is 0 Å². The summed E-state index contributed by atoms with van der Waals surface area (Å²) in [4.78, 5) is 23.1. The molecule has 2 N–H and O–H groups in total. The maximum Gasteiger partial charge on any atom is 0.224 e. The van der Waals surface area contributed by atoms with E-state index in [1.807, 2.05) is 6.07 Å². The molecule has 0 spiro atoms. The average Bonchev–Trinajstić information content (AvgIpc) is 2.93. The third-order valence-electron chi connectivity index (χ3n) is 3.14. The molecule has 0 atom stereocenters. The maximum atomic E-state index is 13.5. The van der Waals surface area contributed by atoms with E-state index in [0.717, 1.165) is 11.6 Å². The first-order valence-electron chi connectivity index (χ1n) is 6.62. The molecular weight excluding hydrogens is 290 g/mol. The number of nitrogens with one attached hydrogen (secondary N) is 2. The van der Waals surface area contributed by atoms with E-state index in [1.165, 1.54) is 12.1 Å². The highest BCUT2D eigenvalue weighted by atomic mass is 19.2. The Morgan fingerprint density at radius 3 is 2.91 bits per heavy atom. The van der Waals surface area contributed by atoms with Crippen LogP contribution in [0.25, 0.3) is 11.2 Å². The SMILES string of the molecule is O=C(Cc1cccc(F)c1F)NCc1nc2ncccc2[nH]1. The fraction of sp³-hybridized carbons (Fsp3) is 0.133. The van der Waals surface area contributed by atoms with Gasteiger partial charge in [0.25, 0.3) is 0 Å². The van der Waals surface area contributed by atoms with Crippen LogP contribution in [0.15, 0.2) is 36.5 Å². The summed E-state index contributed by atoms with van der Waals surface area (Å²) in [5, 5.41) is 2.61. The Hall–Kier alpha value is -2.83. The summed E-state index contributed by atoms with van der Waals surface area (Å²) in [5.74, 6) is -1.83. The van der Waals surface area contributed by atoms with Gasteiger partial charge in [-0.15, -0.1) is 0 Å². The summed E-state index contributed by atoms with van der Waals surface area (Å²) < 4.78 is 26.6. The smallest absolute Gasteiger partial charge is 0.224 e. The second-order valence-corrected chi connectivity index (χ2v) is 4.72. The Bertz CT molecular complexity index is 798. The van der Waals surface area contributed by atoms with Crippen molar-refractivity contribution in [1.82, 2.24) is 20.3 Å². The average molecular weight is 302 g/mol. The molecule has 1 amide bonds. The van der Waals surface area contributed by atoms with Crippen molar-refractivity contribution in [2.45, 2.75) is 13.0 Å². The Balaban J connectivity index is 1.63. The summed E-state index contributed by atoms with van der Waals surface area (Å²) in [7, 11) is 0. The van der Waals surface area contributed by atoms with Gasteiger partial charge in [0.05, 0.1) is 18.5 Å². The molecule has 0 radical (unpaired) electrons. The van der Waals surface area contributed by atoms with Crippen LogP contribution >= 0.6 is 0 Å². The van der Waals surface area contributed by atoms with Gasteiger partial charge in [0.1, 0.15) is 5.82 Å². The van der Waals surface area contributed by atoms with Gasteiger partial charge in [0.2, 0.25) is 5.91 Å². The van der Waals surface area contributed by atoms with Crippen LogP contribution in [0.3, 0.4) is 0 Å². The molecule has 1 aromatic carbocycles. The molecule has 0 unspecified atom stereocenters. The number of fused-ring (bicyclic) bond motifs is 1. The number of pyridine rings is 1. The van der Waals surface area contributed by atoms with Crippen molar-refractivity contribution < 1.29 is 13.6 Å². The highest BCUT2D eigenvalue weighted by Crippen LogP contribution is 2.12. The largest absolute Gasteiger partial charge is 0.349 e. The van der Waals surface area contributed by atoms with Gasteiger partial charge in [-0.3, -0.25) is 4.79 Å². The van der Waals surface area contributed by atoms with Crippen molar-refractivity contribution in [3.05, 3.63) is 59.6 Å². The number of hydrogen-bond donors (Lipinski definition) is 2. The molecule has 5 nitrogen and oxygen atoms in total. The van der Waals surface area contributed by atoms with Crippen LogP contribution in [0.4, 0.5) is 8.78 Å². The van der Waals surface area contributed by atoms with Crippen molar-refractivity contribution in [3.8, 4) is 0 Å². The number of aromatic amines is 1. The number of halogens is 2. The minimum Gasteiger partial charge on any atom is -0.349 e. The molecule has 2 heterocycles. The molecule has 3 rings (SSSR count). The topological polar surface area (TPSA) is 70.7 Å². The molecule has 22 heavy (non-hydrogen) atoms. The standard InChI is InChI=1S/C15H12F2N4O/c16-10-4-1-3-9(14(10)17)7-13(22)19-8-12-20-11-5-2-6-18-15(11)21-12/h1-6H,7-8H2,(H,19,22)(H,18,20,21). The predicted octanol–water partition coefficient (Wildman–Crippen LogP) is 2.09. The number of benzene rings is 1. The number of amides is 1. The number of H-pyrrole nitrogens is 1. The van der Waals surface area contributed by atoms with E-state index in [0.29, 0.717) is 11.5 Å². The van der Waals surface area contributed by atoms with E-state index in [2.05, 4.69) is 20.3 Å². The van der Waals surface area contributed by atoms with Gasteiger partial charge in [-0.25, -0.2) is 18.7 Å². The fourth-order valence-electron chi connectivity index (χ4n) is 2.08. The zero-order valence-electron chi connectivity index (χ0n) is 11.4. The summed E-state index contributed by atoms with van der Waals surface area (Å²) in [6.07, 6.45) is 1.39. The second kappa shape index (κ2) is 5.88. The Morgan fingerprint density at radius 1 is 1.23 bits per heavy atom. The van der Waals surface area contributed by atoms with Crippen LogP contribution < -0.4 is 5.32 Å². The zero-order chi connectivity index (χ0) is 15.5. The number of carbonyl (C=O) groups excluding carboxylic acids is 1. The summed E-state index contributed by atoms with van der Waals surface area (Å²) >= 11 is 0. The first-order chi connectivity index (χ1) is 10.6. The van der Waals surface area contributed by atoms with Crippen molar-refractivity contribution in [1.29, 1.82) is 0 Å². The van der Waals surface area contributed by atoms with Gasteiger partial charge in [0, 0.05) is 11.8 Å². The molecule has 7 heteroatoms. The number of hydrogen-bond acceptors (Lipinski definition) is 3. The number of aromatic nitrogens is 3. The number of imidazole rings is 1. The monoisotopic (exact) mass is 302 g/mol. The Kier molecular flexibility index (Phi) is 3.78. The molecule has 112 valence electrons. The van der Waals surface area contributed by atoms with Crippen molar-refractivity contribution in [2.75, 3.05) is 0 Å². The third kappa shape index (κ3) is 2.93. The van der Waals surface area contributed by atoms with E-state index in [1.54, 1.807) is 12.3 Å². The van der Waals surface area contributed by atoms with Gasteiger partial charge in [-0.05, 0) is 18.2 Å². The molecular formula is C15H12F2N4O. The predicted molar refractivity (Wildman–Crippen MR) is 75.8 cm³/mol. The van der Waals surface area contributed by atoms with Crippen LogP contribution in [-0.2, 0) is 17.8 Å². The third-order valence-corrected chi connectivity index (χ3v) is 3.14. The van der Waals surface area contributed by atoms with Gasteiger partial charge in [-0.2, -0.15) is 0 Å². The maximum absolute atomic E-state index is 13.5. The molecule has 0 saturated carbocycles. The van der Waals surface area contributed by atoms with Crippen molar-refractivity contribution >= 4 is 17.1 Å². The van der Waals surface area contributed by atoms with Crippen molar-refractivity contribution in [2.24, 2.45) is 0 Å².